The molecule has 1 aliphatic heterocycles. The van der Waals surface area contributed by atoms with Crippen LogP contribution in [0.3, 0.4) is 0 Å². The van der Waals surface area contributed by atoms with E-state index >= 15 is 0 Å². The number of rotatable bonds is 3. The number of piperazine rings is 1. The largest absolute Gasteiger partial charge is 0.391 e. The number of likely N-dealkylation sites (N-methyl/N-ethyl adjacent to an activating group) is 1. The molecule has 3 nitrogen and oxygen atoms in total. The number of aliphatic hydroxyl groups is 1. The molecule has 1 N–H and O–H groups in total. The van der Waals surface area contributed by atoms with Crippen molar-refractivity contribution in [1.29, 1.82) is 0 Å². The molecule has 3 atom stereocenters. The second kappa shape index (κ2) is 6.11. The third kappa shape index (κ3) is 3.50. The van der Waals surface area contributed by atoms with Gasteiger partial charge in [0.05, 0.1) is 6.10 Å². The van der Waals surface area contributed by atoms with Gasteiger partial charge in [-0.3, -0.25) is 9.80 Å². The van der Waals surface area contributed by atoms with E-state index in [2.05, 4.69) is 37.6 Å². The predicted octanol–water partition coefficient (Wildman–Crippen LogP) is 2.34. The Balaban J connectivity index is 1.99. The van der Waals surface area contributed by atoms with E-state index in [0.717, 1.165) is 32.0 Å². The first kappa shape index (κ1) is 15.3. The van der Waals surface area contributed by atoms with Gasteiger partial charge in [0.15, 0.2) is 0 Å². The van der Waals surface area contributed by atoms with Crippen LogP contribution in [-0.2, 0) is 0 Å². The van der Waals surface area contributed by atoms with E-state index in [9.17, 15) is 5.11 Å². The highest BCUT2D eigenvalue weighted by Gasteiger charge is 2.39. The quantitative estimate of drug-likeness (QED) is 0.851. The van der Waals surface area contributed by atoms with Crippen LogP contribution in [0, 0.1) is 5.92 Å². The van der Waals surface area contributed by atoms with E-state index < -0.39 is 0 Å². The normalized spacial score (nSPS) is 37.4. The lowest BCUT2D eigenvalue weighted by atomic mass is 9.80. The van der Waals surface area contributed by atoms with E-state index in [1.165, 1.54) is 25.7 Å². The molecule has 3 unspecified atom stereocenters. The lowest BCUT2D eigenvalue weighted by Crippen LogP contribution is -2.62. The predicted molar refractivity (Wildman–Crippen MR) is 80.3 cm³/mol. The van der Waals surface area contributed by atoms with Crippen molar-refractivity contribution in [1.82, 2.24) is 9.80 Å². The van der Waals surface area contributed by atoms with Crippen LogP contribution < -0.4 is 0 Å². The molecule has 0 aromatic heterocycles. The van der Waals surface area contributed by atoms with E-state index in [1.54, 1.807) is 0 Å². The fourth-order valence-corrected chi connectivity index (χ4v) is 3.84. The summed E-state index contributed by atoms with van der Waals surface area (Å²) in [5.41, 5.74) is 0.232. The first-order valence-corrected chi connectivity index (χ1v) is 8.07. The SMILES string of the molecule is CCCC1CCC(O)C(N2CCN(C)C(C)(C)C2)C1. The molecular formula is C16H32N2O. The maximum atomic E-state index is 10.4. The molecule has 0 aromatic carbocycles. The van der Waals surface area contributed by atoms with Gasteiger partial charge in [0.2, 0.25) is 0 Å². The van der Waals surface area contributed by atoms with Gasteiger partial charge in [-0.05, 0) is 46.1 Å². The molecule has 2 rings (SSSR count). The third-order valence-electron chi connectivity index (χ3n) is 5.40. The molecule has 0 amide bonds. The average molecular weight is 268 g/mol. The van der Waals surface area contributed by atoms with Crippen molar-refractivity contribution >= 4 is 0 Å². The topological polar surface area (TPSA) is 26.7 Å². The van der Waals surface area contributed by atoms with Gasteiger partial charge in [-0.2, -0.15) is 0 Å². The second-order valence-electron chi connectivity index (χ2n) is 7.31. The molecule has 0 bridgehead atoms. The zero-order valence-electron chi connectivity index (χ0n) is 13.2. The highest BCUT2D eigenvalue weighted by molar-refractivity contribution is 4.94. The summed E-state index contributed by atoms with van der Waals surface area (Å²) in [4.78, 5) is 5.01. The summed E-state index contributed by atoms with van der Waals surface area (Å²) in [5, 5.41) is 10.4. The lowest BCUT2D eigenvalue weighted by molar-refractivity contribution is -0.0481. The second-order valence-corrected chi connectivity index (χ2v) is 7.31. The fourth-order valence-electron chi connectivity index (χ4n) is 3.84. The first-order chi connectivity index (χ1) is 8.94. The number of hydrogen-bond donors (Lipinski definition) is 1. The molecular weight excluding hydrogens is 236 g/mol. The van der Waals surface area contributed by atoms with Crippen LogP contribution in [0.1, 0.15) is 52.9 Å². The van der Waals surface area contributed by atoms with Crippen molar-refractivity contribution in [2.45, 2.75) is 70.6 Å². The Kier molecular flexibility index (Phi) is 4.91. The number of aliphatic hydroxyl groups excluding tert-OH is 1. The summed E-state index contributed by atoms with van der Waals surface area (Å²) in [6.07, 6.45) is 5.94. The summed E-state index contributed by atoms with van der Waals surface area (Å²) in [5.74, 6) is 0.834. The summed E-state index contributed by atoms with van der Waals surface area (Å²) in [6, 6.07) is 0.401. The van der Waals surface area contributed by atoms with Gasteiger partial charge in [0, 0.05) is 31.2 Å². The van der Waals surface area contributed by atoms with Crippen LogP contribution >= 0.6 is 0 Å². The minimum Gasteiger partial charge on any atom is -0.391 e. The molecule has 1 saturated carbocycles. The summed E-state index contributed by atoms with van der Waals surface area (Å²) in [6.45, 7) is 10.2. The first-order valence-electron chi connectivity index (χ1n) is 8.07. The molecule has 1 aliphatic carbocycles. The summed E-state index contributed by atoms with van der Waals surface area (Å²) >= 11 is 0. The molecule has 3 heteroatoms. The lowest BCUT2D eigenvalue weighted by Gasteiger charge is -2.50. The van der Waals surface area contributed by atoms with Gasteiger partial charge < -0.3 is 5.11 Å². The van der Waals surface area contributed by atoms with E-state index in [0.29, 0.717) is 6.04 Å². The smallest absolute Gasteiger partial charge is 0.0695 e. The van der Waals surface area contributed by atoms with Crippen LogP contribution in [0.25, 0.3) is 0 Å². The molecule has 1 heterocycles. The van der Waals surface area contributed by atoms with E-state index in [-0.39, 0.29) is 11.6 Å². The van der Waals surface area contributed by atoms with Crippen molar-refractivity contribution in [3.63, 3.8) is 0 Å². The van der Waals surface area contributed by atoms with Crippen LogP contribution in [0.2, 0.25) is 0 Å². The maximum Gasteiger partial charge on any atom is 0.0695 e. The van der Waals surface area contributed by atoms with Gasteiger partial charge in [0.25, 0.3) is 0 Å². The Labute approximate surface area is 119 Å². The standard InChI is InChI=1S/C16H32N2O/c1-5-6-13-7-8-15(19)14(11-13)18-10-9-17(4)16(2,3)12-18/h13-15,19H,5-12H2,1-4H3. The number of nitrogens with zero attached hydrogens (tertiary/aromatic N) is 2. The Hall–Kier alpha value is -0.120. The highest BCUT2D eigenvalue weighted by atomic mass is 16.3. The Morgan fingerprint density at radius 1 is 1.21 bits per heavy atom. The minimum absolute atomic E-state index is 0.104. The molecule has 0 spiro atoms. The Morgan fingerprint density at radius 3 is 2.58 bits per heavy atom. The van der Waals surface area contributed by atoms with Gasteiger partial charge >= 0.3 is 0 Å². The van der Waals surface area contributed by atoms with Gasteiger partial charge in [0.1, 0.15) is 0 Å². The maximum absolute atomic E-state index is 10.4. The van der Waals surface area contributed by atoms with Crippen molar-refractivity contribution < 1.29 is 5.11 Å². The Bertz CT molecular complexity index is 292. The van der Waals surface area contributed by atoms with Crippen LogP contribution in [0.15, 0.2) is 0 Å². The minimum atomic E-state index is -0.104. The molecule has 2 fully saturated rings. The monoisotopic (exact) mass is 268 g/mol. The van der Waals surface area contributed by atoms with Crippen LogP contribution in [0.5, 0.6) is 0 Å². The molecule has 1 saturated heterocycles. The Morgan fingerprint density at radius 2 is 1.95 bits per heavy atom. The highest BCUT2D eigenvalue weighted by Crippen LogP contribution is 2.33. The van der Waals surface area contributed by atoms with Gasteiger partial charge in [-0.15, -0.1) is 0 Å². The van der Waals surface area contributed by atoms with Crippen LogP contribution in [-0.4, -0.2) is 59.3 Å². The van der Waals surface area contributed by atoms with Crippen LogP contribution in [0.4, 0.5) is 0 Å². The van der Waals surface area contributed by atoms with Crippen molar-refractivity contribution in [2.75, 3.05) is 26.7 Å². The third-order valence-corrected chi connectivity index (χ3v) is 5.40. The molecule has 112 valence electrons. The summed E-state index contributed by atoms with van der Waals surface area (Å²) < 4.78 is 0. The van der Waals surface area contributed by atoms with E-state index in [4.69, 9.17) is 0 Å². The van der Waals surface area contributed by atoms with E-state index in [1.807, 2.05) is 0 Å². The molecule has 0 aromatic rings. The molecule has 0 radical (unpaired) electrons. The molecule has 19 heavy (non-hydrogen) atoms. The zero-order valence-corrected chi connectivity index (χ0v) is 13.2. The zero-order chi connectivity index (χ0) is 14.0. The summed E-state index contributed by atoms with van der Waals surface area (Å²) in [7, 11) is 2.22. The van der Waals surface area contributed by atoms with Gasteiger partial charge in [-0.1, -0.05) is 19.8 Å². The van der Waals surface area contributed by atoms with Crippen molar-refractivity contribution in [3.8, 4) is 0 Å². The van der Waals surface area contributed by atoms with Crippen molar-refractivity contribution in [3.05, 3.63) is 0 Å². The number of hydrogen-bond acceptors (Lipinski definition) is 3. The van der Waals surface area contributed by atoms with Gasteiger partial charge in [-0.25, -0.2) is 0 Å². The van der Waals surface area contributed by atoms with Crippen molar-refractivity contribution in [2.24, 2.45) is 5.92 Å². The fraction of sp³-hybridized carbons (Fsp3) is 1.00. The average Bonchev–Trinajstić information content (AvgIpc) is 2.35. The molecule has 2 aliphatic rings.